The molecule has 28 heavy (non-hydrogen) atoms. The van der Waals surface area contributed by atoms with Gasteiger partial charge in [0.15, 0.2) is 0 Å². The van der Waals surface area contributed by atoms with Gasteiger partial charge in [-0.2, -0.15) is 4.57 Å². The molecule has 1 N–H and O–H groups in total. The van der Waals surface area contributed by atoms with Gasteiger partial charge >= 0.3 is 0 Å². The Bertz CT molecular complexity index is 1100. The van der Waals surface area contributed by atoms with Crippen molar-refractivity contribution in [2.24, 2.45) is 7.05 Å². The monoisotopic (exact) mass is 429 g/mol. The van der Waals surface area contributed by atoms with Crippen LogP contribution < -0.4 is 14.8 Å². The van der Waals surface area contributed by atoms with Crippen LogP contribution in [0.3, 0.4) is 0 Å². The zero-order chi connectivity index (χ0) is 19.4. The van der Waals surface area contributed by atoms with E-state index < -0.39 is 0 Å². The molecule has 4 nitrogen and oxygen atoms in total. The lowest BCUT2D eigenvalue weighted by Crippen LogP contribution is -2.52. The molecule has 3 aromatic rings. The van der Waals surface area contributed by atoms with Gasteiger partial charge in [-0.25, -0.2) is 0 Å². The van der Waals surface area contributed by atoms with Crippen LogP contribution in [0.15, 0.2) is 46.3 Å². The fourth-order valence-electron chi connectivity index (χ4n) is 3.78. The van der Waals surface area contributed by atoms with E-state index in [1.807, 2.05) is 23.5 Å². The van der Waals surface area contributed by atoms with Gasteiger partial charge in [0, 0.05) is 41.8 Å². The molecule has 0 spiro atoms. The van der Waals surface area contributed by atoms with Crippen molar-refractivity contribution in [3.63, 3.8) is 0 Å². The van der Waals surface area contributed by atoms with Crippen molar-refractivity contribution in [3.05, 3.63) is 51.5 Å². The van der Waals surface area contributed by atoms with E-state index in [0.717, 1.165) is 18.1 Å². The number of nitrogens with zero attached hydrogens (tertiary/aromatic N) is 3. The van der Waals surface area contributed by atoms with E-state index in [1.54, 1.807) is 11.8 Å². The number of halogens is 1. The molecular formula is C21H22ClN4S2+. The van der Waals surface area contributed by atoms with Gasteiger partial charge in [0.25, 0.3) is 5.01 Å². The minimum absolute atomic E-state index is 0.557. The second-order valence-corrected chi connectivity index (χ2v) is 10.1. The van der Waals surface area contributed by atoms with Crippen molar-refractivity contribution in [2.75, 3.05) is 37.4 Å². The molecule has 0 bridgehead atoms. The number of aromatic nitrogens is 1. The number of rotatable bonds is 3. The van der Waals surface area contributed by atoms with Gasteiger partial charge in [0.1, 0.15) is 11.7 Å². The number of likely N-dealkylation sites (N-methyl/N-ethyl adjacent to an activating group) is 1. The van der Waals surface area contributed by atoms with E-state index in [9.17, 15) is 0 Å². The minimum atomic E-state index is 0.557. The zero-order valence-corrected chi connectivity index (χ0v) is 18.5. The summed E-state index contributed by atoms with van der Waals surface area (Å²) in [5.41, 5.74) is 3.64. The average Bonchev–Trinajstić information content (AvgIpc) is 3.12. The van der Waals surface area contributed by atoms with Crippen molar-refractivity contribution < 1.29 is 4.57 Å². The maximum atomic E-state index is 6.18. The highest BCUT2D eigenvalue weighted by Crippen LogP contribution is 2.46. The predicted molar refractivity (Wildman–Crippen MR) is 122 cm³/mol. The molecule has 1 fully saturated rings. The highest BCUT2D eigenvalue weighted by Gasteiger charge is 2.26. The Kier molecular flexibility index (Phi) is 4.55. The van der Waals surface area contributed by atoms with Crippen molar-refractivity contribution in [1.82, 2.24) is 4.90 Å². The number of anilines is 2. The van der Waals surface area contributed by atoms with Gasteiger partial charge < -0.3 is 15.1 Å². The molecule has 1 saturated heterocycles. The predicted octanol–water partition coefficient (Wildman–Crippen LogP) is 4.65. The number of benzene rings is 2. The molecule has 1 aromatic heterocycles. The smallest absolute Gasteiger partial charge is 0.265 e. The third-order valence-electron chi connectivity index (χ3n) is 5.37. The molecule has 2 aliphatic heterocycles. The number of thiazole rings is 1. The van der Waals surface area contributed by atoms with Crippen LogP contribution in [0.5, 0.6) is 0 Å². The number of hydrogen-bond donors (Lipinski definition) is 1. The molecular weight excluding hydrogens is 408 g/mol. The summed E-state index contributed by atoms with van der Waals surface area (Å²) in [6.07, 6.45) is 2.28. The number of nitrogens with one attached hydrogen (secondary N) is 1. The normalized spacial score (nSPS) is 18.7. The van der Waals surface area contributed by atoms with Crippen LogP contribution in [-0.2, 0) is 7.05 Å². The number of aryl methyl sites for hydroxylation is 1. The topological polar surface area (TPSA) is 22.4 Å². The minimum Gasteiger partial charge on any atom is -0.380 e. The third-order valence-corrected chi connectivity index (χ3v) is 7.94. The largest absolute Gasteiger partial charge is 0.380 e. The first-order valence-corrected chi connectivity index (χ1v) is 11.3. The van der Waals surface area contributed by atoms with Gasteiger partial charge in [-0.05, 0) is 37.4 Å². The Morgan fingerprint density at radius 2 is 2.00 bits per heavy atom. The molecule has 0 radical (unpaired) electrons. The fraction of sp³-hybridized carbons (Fsp3) is 0.286. The summed E-state index contributed by atoms with van der Waals surface area (Å²) >= 11 is 9.80. The summed E-state index contributed by atoms with van der Waals surface area (Å²) in [5.74, 6) is 0. The summed E-state index contributed by atoms with van der Waals surface area (Å²) < 4.78 is 3.59. The van der Waals surface area contributed by atoms with Crippen molar-refractivity contribution in [1.29, 1.82) is 0 Å². The lowest BCUT2D eigenvalue weighted by Gasteiger charge is -2.37. The van der Waals surface area contributed by atoms with Crippen molar-refractivity contribution >= 4 is 62.4 Å². The van der Waals surface area contributed by atoms with Gasteiger partial charge in [-0.1, -0.05) is 34.7 Å². The molecule has 144 valence electrons. The van der Waals surface area contributed by atoms with E-state index in [2.05, 4.69) is 71.2 Å². The SMILES string of the molecule is CN1CC(Nc2ccc3sc(C=C4Sc5ccc(Cl)cc5N4C)[n+](C)c3c2)C1. The van der Waals surface area contributed by atoms with E-state index in [1.165, 1.54) is 36.5 Å². The van der Waals surface area contributed by atoms with E-state index in [4.69, 9.17) is 11.6 Å². The number of thioether (sulfide) groups is 1. The molecule has 0 unspecified atom stereocenters. The van der Waals surface area contributed by atoms with E-state index >= 15 is 0 Å². The van der Waals surface area contributed by atoms with E-state index in [-0.39, 0.29) is 0 Å². The second-order valence-electron chi connectivity index (χ2n) is 7.50. The standard InChI is InChI=1S/C21H22ClN4S2/c1-24-11-15(12-24)23-14-5-7-19-17(9-14)26(3)21(28-19)10-20-25(2)16-8-13(22)4-6-18(16)27-20/h4-10,15,23H,11-12H2,1-3H3/q+1. The van der Waals surface area contributed by atoms with Crippen LogP contribution in [-0.4, -0.2) is 38.1 Å². The Morgan fingerprint density at radius 1 is 1.18 bits per heavy atom. The first-order valence-electron chi connectivity index (χ1n) is 9.28. The van der Waals surface area contributed by atoms with Crippen molar-refractivity contribution in [3.8, 4) is 0 Å². The van der Waals surface area contributed by atoms with Crippen LogP contribution in [0, 0.1) is 0 Å². The Labute approximate surface area is 178 Å². The molecule has 0 saturated carbocycles. The summed E-state index contributed by atoms with van der Waals surface area (Å²) in [7, 11) is 6.41. The first-order chi connectivity index (χ1) is 13.5. The number of fused-ring (bicyclic) bond motifs is 2. The van der Waals surface area contributed by atoms with Crippen LogP contribution in [0.4, 0.5) is 11.4 Å². The summed E-state index contributed by atoms with van der Waals surface area (Å²) in [6, 6.07) is 13.3. The number of hydrogen-bond acceptors (Lipinski definition) is 5. The molecule has 0 aliphatic carbocycles. The van der Waals surface area contributed by atoms with Crippen LogP contribution in [0.2, 0.25) is 5.02 Å². The number of likely N-dealkylation sites (tertiary alicyclic amines) is 1. The quantitative estimate of drug-likeness (QED) is 0.612. The molecule has 7 heteroatoms. The van der Waals surface area contributed by atoms with Crippen LogP contribution in [0.25, 0.3) is 16.3 Å². The van der Waals surface area contributed by atoms with E-state index in [0.29, 0.717) is 6.04 Å². The average molecular weight is 430 g/mol. The van der Waals surface area contributed by atoms with Gasteiger partial charge in [0.2, 0.25) is 5.52 Å². The Morgan fingerprint density at radius 3 is 2.79 bits per heavy atom. The maximum absolute atomic E-state index is 6.18. The molecule has 0 atom stereocenters. The van der Waals surface area contributed by atoms with Gasteiger partial charge in [-0.3, -0.25) is 0 Å². The molecule has 2 aromatic carbocycles. The summed E-state index contributed by atoms with van der Waals surface area (Å²) in [4.78, 5) is 5.79. The van der Waals surface area contributed by atoms with Crippen LogP contribution >= 0.6 is 34.7 Å². The second kappa shape index (κ2) is 6.95. The molecule has 5 rings (SSSR count). The van der Waals surface area contributed by atoms with Crippen LogP contribution in [0.1, 0.15) is 5.01 Å². The third kappa shape index (κ3) is 3.18. The summed E-state index contributed by atoms with van der Waals surface area (Å²) in [6.45, 7) is 2.22. The molecule has 2 aliphatic rings. The highest BCUT2D eigenvalue weighted by molar-refractivity contribution is 8.03. The Balaban J connectivity index is 1.45. The zero-order valence-electron chi connectivity index (χ0n) is 16.1. The fourth-order valence-corrected chi connectivity index (χ4v) is 6.15. The first kappa shape index (κ1) is 18.3. The maximum Gasteiger partial charge on any atom is 0.265 e. The lowest BCUT2D eigenvalue weighted by atomic mass is 10.1. The van der Waals surface area contributed by atoms with Gasteiger partial charge in [-0.15, -0.1) is 0 Å². The van der Waals surface area contributed by atoms with Gasteiger partial charge in [0.05, 0.1) is 22.8 Å². The molecule has 0 amide bonds. The molecule has 3 heterocycles. The highest BCUT2D eigenvalue weighted by atomic mass is 35.5. The summed E-state index contributed by atoms with van der Waals surface area (Å²) in [5, 5.41) is 6.88. The van der Waals surface area contributed by atoms with Crippen molar-refractivity contribution in [2.45, 2.75) is 10.9 Å². The lowest BCUT2D eigenvalue weighted by molar-refractivity contribution is -0.642. The Hall–Kier alpha value is -1.73.